The molecule has 1 aliphatic heterocycles. The molecule has 126 valence electrons. The molecule has 3 rings (SSSR count). The maximum Gasteiger partial charge on any atom is 0.322 e. The molecule has 0 spiro atoms. The highest BCUT2D eigenvalue weighted by molar-refractivity contribution is 5.91. The van der Waals surface area contributed by atoms with E-state index in [0.29, 0.717) is 12.0 Å². The summed E-state index contributed by atoms with van der Waals surface area (Å²) in [5, 5.41) is 3.12. The summed E-state index contributed by atoms with van der Waals surface area (Å²) in [6.45, 7) is 4.47. The lowest BCUT2D eigenvalue weighted by atomic mass is 10.1. The summed E-state index contributed by atoms with van der Waals surface area (Å²) < 4.78 is 5.45. The van der Waals surface area contributed by atoms with Crippen LogP contribution < -0.4 is 10.2 Å². The number of urea groups is 1. The van der Waals surface area contributed by atoms with Crippen molar-refractivity contribution >= 4 is 17.4 Å². The van der Waals surface area contributed by atoms with Crippen LogP contribution in [-0.4, -0.2) is 50.8 Å². The first-order valence-corrected chi connectivity index (χ1v) is 8.48. The molecule has 5 nitrogen and oxygen atoms in total. The number of hydrogen-bond acceptors (Lipinski definition) is 3. The number of benzene rings is 1. The van der Waals surface area contributed by atoms with Gasteiger partial charge in [0.15, 0.2) is 0 Å². The second kappa shape index (κ2) is 6.79. The van der Waals surface area contributed by atoms with E-state index in [1.54, 1.807) is 0 Å². The molecule has 1 atom stereocenters. The standard InChI is InChI=1S/C18H27N3O2/c1-13-16(5-4-6-17(13)20(2)3)19-18(22)21(15-7-8-15)11-14-9-10-23-12-14/h4-6,14-15H,7-12H2,1-3H3,(H,19,22). The number of ether oxygens (including phenoxy) is 1. The van der Waals surface area contributed by atoms with Crippen LogP contribution >= 0.6 is 0 Å². The molecule has 5 heteroatoms. The molecule has 1 saturated heterocycles. The maximum absolute atomic E-state index is 12.8. The molecule has 0 aromatic heterocycles. The Labute approximate surface area is 138 Å². The van der Waals surface area contributed by atoms with E-state index in [4.69, 9.17) is 4.74 Å². The van der Waals surface area contributed by atoms with Crippen LogP contribution in [0.25, 0.3) is 0 Å². The zero-order valence-electron chi connectivity index (χ0n) is 14.3. The fourth-order valence-corrected chi connectivity index (χ4v) is 3.22. The van der Waals surface area contributed by atoms with E-state index in [0.717, 1.165) is 56.0 Å². The number of anilines is 2. The molecule has 2 amide bonds. The monoisotopic (exact) mass is 317 g/mol. The number of hydrogen-bond donors (Lipinski definition) is 1. The van der Waals surface area contributed by atoms with Gasteiger partial charge in [0.25, 0.3) is 0 Å². The molecule has 0 radical (unpaired) electrons. The summed E-state index contributed by atoms with van der Waals surface area (Å²) in [4.78, 5) is 16.9. The number of carbonyl (C=O) groups is 1. The maximum atomic E-state index is 12.8. The Morgan fingerprint density at radius 3 is 2.70 bits per heavy atom. The van der Waals surface area contributed by atoms with Crippen LogP contribution in [0.1, 0.15) is 24.8 Å². The Bertz CT molecular complexity index is 563. The van der Waals surface area contributed by atoms with Gasteiger partial charge in [-0.3, -0.25) is 0 Å². The summed E-state index contributed by atoms with van der Waals surface area (Å²) in [7, 11) is 4.04. The van der Waals surface area contributed by atoms with E-state index in [1.807, 2.05) is 31.1 Å². The molecule has 2 aliphatic rings. The Kier molecular flexibility index (Phi) is 4.76. The normalized spacial score (nSPS) is 20.4. The Hall–Kier alpha value is -1.75. The van der Waals surface area contributed by atoms with Gasteiger partial charge in [0.2, 0.25) is 0 Å². The van der Waals surface area contributed by atoms with Crippen molar-refractivity contribution in [1.29, 1.82) is 0 Å². The summed E-state index contributed by atoms with van der Waals surface area (Å²) in [6.07, 6.45) is 3.31. The third-order valence-corrected chi connectivity index (χ3v) is 4.76. The summed E-state index contributed by atoms with van der Waals surface area (Å²) in [5.41, 5.74) is 3.13. The van der Waals surface area contributed by atoms with Gasteiger partial charge in [-0.25, -0.2) is 4.79 Å². The van der Waals surface area contributed by atoms with Gasteiger partial charge in [0.1, 0.15) is 0 Å². The summed E-state index contributed by atoms with van der Waals surface area (Å²) in [5.74, 6) is 0.482. The number of carbonyl (C=O) groups excluding carboxylic acids is 1. The SMILES string of the molecule is Cc1c(NC(=O)N(CC2CCOC2)C2CC2)cccc1N(C)C. The van der Waals surface area contributed by atoms with E-state index in [-0.39, 0.29) is 6.03 Å². The average Bonchev–Trinajstić information content (AvgIpc) is 3.22. The van der Waals surface area contributed by atoms with E-state index >= 15 is 0 Å². The van der Waals surface area contributed by atoms with Crippen molar-refractivity contribution < 1.29 is 9.53 Å². The largest absolute Gasteiger partial charge is 0.381 e. The molecule has 1 aromatic rings. The quantitative estimate of drug-likeness (QED) is 0.907. The Morgan fingerprint density at radius 1 is 1.30 bits per heavy atom. The van der Waals surface area contributed by atoms with Crippen molar-refractivity contribution in [2.45, 2.75) is 32.2 Å². The first-order valence-electron chi connectivity index (χ1n) is 8.48. The fourth-order valence-electron chi connectivity index (χ4n) is 3.22. The number of nitrogens with zero attached hydrogens (tertiary/aromatic N) is 2. The highest BCUT2D eigenvalue weighted by Crippen LogP contribution is 2.31. The van der Waals surface area contributed by atoms with Crippen molar-refractivity contribution in [1.82, 2.24) is 4.90 Å². The zero-order chi connectivity index (χ0) is 16.4. The molecular formula is C18H27N3O2. The molecular weight excluding hydrogens is 290 g/mol. The third kappa shape index (κ3) is 3.78. The molecule has 1 unspecified atom stereocenters. The molecule has 1 aliphatic carbocycles. The van der Waals surface area contributed by atoms with Gasteiger partial charge >= 0.3 is 6.03 Å². The van der Waals surface area contributed by atoms with Crippen molar-refractivity contribution in [3.63, 3.8) is 0 Å². The van der Waals surface area contributed by atoms with Crippen LogP contribution in [0.15, 0.2) is 18.2 Å². The smallest absolute Gasteiger partial charge is 0.322 e. The lowest BCUT2D eigenvalue weighted by Gasteiger charge is -2.26. The summed E-state index contributed by atoms with van der Waals surface area (Å²) >= 11 is 0. The van der Waals surface area contributed by atoms with Crippen molar-refractivity contribution in [3.8, 4) is 0 Å². The molecule has 0 bridgehead atoms. The van der Waals surface area contributed by atoms with E-state index in [9.17, 15) is 4.79 Å². The van der Waals surface area contributed by atoms with Crippen molar-refractivity contribution in [2.24, 2.45) is 5.92 Å². The Balaban J connectivity index is 1.70. The van der Waals surface area contributed by atoms with Gasteiger partial charge in [0.05, 0.1) is 6.61 Å². The van der Waals surface area contributed by atoms with Gasteiger partial charge in [0, 0.05) is 50.6 Å². The fraction of sp³-hybridized carbons (Fsp3) is 0.611. The van der Waals surface area contributed by atoms with Crippen LogP contribution in [0.3, 0.4) is 0 Å². The van der Waals surface area contributed by atoms with E-state index in [2.05, 4.69) is 23.2 Å². The van der Waals surface area contributed by atoms with Gasteiger partial charge in [-0.1, -0.05) is 6.07 Å². The lowest BCUT2D eigenvalue weighted by Crippen LogP contribution is -2.40. The van der Waals surface area contributed by atoms with Crippen molar-refractivity contribution in [2.75, 3.05) is 44.1 Å². The number of amides is 2. The minimum atomic E-state index is 0.0263. The highest BCUT2D eigenvalue weighted by Gasteiger charge is 2.35. The predicted octanol–water partition coefficient (Wildman–Crippen LogP) is 3.09. The highest BCUT2D eigenvalue weighted by atomic mass is 16.5. The van der Waals surface area contributed by atoms with Crippen LogP contribution in [0.2, 0.25) is 0 Å². The average molecular weight is 317 g/mol. The second-order valence-corrected chi connectivity index (χ2v) is 6.89. The van der Waals surface area contributed by atoms with Crippen LogP contribution in [0.4, 0.5) is 16.2 Å². The molecule has 1 aromatic carbocycles. The van der Waals surface area contributed by atoms with Gasteiger partial charge in [-0.2, -0.15) is 0 Å². The minimum Gasteiger partial charge on any atom is -0.381 e. The van der Waals surface area contributed by atoms with Gasteiger partial charge < -0.3 is 19.9 Å². The van der Waals surface area contributed by atoms with Gasteiger partial charge in [-0.05, 0) is 43.9 Å². The first-order chi connectivity index (χ1) is 11.1. The van der Waals surface area contributed by atoms with Crippen molar-refractivity contribution in [3.05, 3.63) is 23.8 Å². The zero-order valence-corrected chi connectivity index (χ0v) is 14.3. The molecule has 1 saturated carbocycles. The minimum absolute atomic E-state index is 0.0263. The third-order valence-electron chi connectivity index (χ3n) is 4.76. The first kappa shape index (κ1) is 16.1. The van der Waals surface area contributed by atoms with Crippen LogP contribution in [-0.2, 0) is 4.74 Å². The summed E-state index contributed by atoms with van der Waals surface area (Å²) in [6, 6.07) is 6.47. The van der Waals surface area contributed by atoms with Gasteiger partial charge in [-0.15, -0.1) is 0 Å². The van der Waals surface area contributed by atoms with E-state index < -0.39 is 0 Å². The van der Waals surface area contributed by atoms with Crippen LogP contribution in [0, 0.1) is 12.8 Å². The molecule has 1 N–H and O–H groups in total. The molecule has 1 heterocycles. The molecule has 23 heavy (non-hydrogen) atoms. The topological polar surface area (TPSA) is 44.8 Å². The van der Waals surface area contributed by atoms with E-state index in [1.165, 1.54) is 0 Å². The lowest BCUT2D eigenvalue weighted by molar-refractivity contribution is 0.167. The molecule has 2 fully saturated rings. The second-order valence-electron chi connectivity index (χ2n) is 6.89. The number of rotatable bonds is 5. The predicted molar refractivity (Wildman–Crippen MR) is 93.2 cm³/mol. The number of nitrogens with one attached hydrogen (secondary N) is 1. The van der Waals surface area contributed by atoms with Crippen LogP contribution in [0.5, 0.6) is 0 Å². The Morgan fingerprint density at radius 2 is 2.09 bits per heavy atom.